The fraction of sp³-hybridized carbons (Fsp3) is 0.241. The van der Waals surface area contributed by atoms with E-state index in [4.69, 9.17) is 9.47 Å². The number of benzene rings is 3. The zero-order valence-corrected chi connectivity index (χ0v) is 20.5. The van der Waals surface area contributed by atoms with E-state index in [1.54, 1.807) is 7.11 Å². The number of amides is 1. The number of rotatable bonds is 5. The van der Waals surface area contributed by atoms with Gasteiger partial charge in [0.2, 0.25) is 0 Å². The van der Waals surface area contributed by atoms with Gasteiger partial charge >= 0.3 is 0 Å². The van der Waals surface area contributed by atoms with Gasteiger partial charge in [-0.3, -0.25) is 4.79 Å². The van der Waals surface area contributed by atoms with Crippen LogP contribution >= 0.6 is 0 Å². The van der Waals surface area contributed by atoms with Crippen LogP contribution in [0.15, 0.2) is 66.7 Å². The summed E-state index contributed by atoms with van der Waals surface area (Å²) in [6.45, 7) is 4.57. The molecule has 1 aliphatic rings. The normalized spacial score (nSPS) is 13.6. The number of para-hydroxylation sites is 1. The fourth-order valence-corrected chi connectivity index (χ4v) is 5.04. The number of methoxy groups -OCH3 is 1. The van der Waals surface area contributed by atoms with Crippen molar-refractivity contribution in [1.29, 1.82) is 0 Å². The fourth-order valence-electron chi connectivity index (χ4n) is 5.04. The lowest BCUT2D eigenvalue weighted by Crippen LogP contribution is -2.34. The Balaban J connectivity index is 1.33. The van der Waals surface area contributed by atoms with Crippen LogP contribution in [0.5, 0.6) is 5.75 Å². The van der Waals surface area contributed by atoms with E-state index in [0.29, 0.717) is 38.5 Å². The molecule has 7 heteroatoms. The first-order valence-corrected chi connectivity index (χ1v) is 12.2. The smallest absolute Gasteiger partial charge is 0.270 e. The average molecular weight is 481 g/mol. The van der Waals surface area contributed by atoms with Crippen molar-refractivity contribution < 1.29 is 14.3 Å². The summed E-state index contributed by atoms with van der Waals surface area (Å²) in [4.78, 5) is 23.5. The number of hydrogen-bond acceptors (Lipinski definition) is 4. The van der Waals surface area contributed by atoms with Gasteiger partial charge in [-0.25, -0.2) is 4.98 Å². The van der Waals surface area contributed by atoms with Crippen molar-refractivity contribution in [3.8, 4) is 16.9 Å². The topological polar surface area (TPSA) is 72.4 Å². The van der Waals surface area contributed by atoms with E-state index in [0.717, 1.165) is 50.2 Å². The van der Waals surface area contributed by atoms with Crippen LogP contribution in [0.3, 0.4) is 0 Å². The Morgan fingerprint density at radius 2 is 1.92 bits per heavy atom. The summed E-state index contributed by atoms with van der Waals surface area (Å²) in [6.07, 6.45) is 0. The molecule has 1 N–H and O–H groups in total. The van der Waals surface area contributed by atoms with E-state index >= 15 is 0 Å². The first kappa shape index (κ1) is 22.4. The lowest BCUT2D eigenvalue weighted by atomic mass is 10.0. The Morgan fingerprint density at radius 1 is 1.08 bits per heavy atom. The minimum absolute atomic E-state index is 0.00138. The molecule has 182 valence electrons. The van der Waals surface area contributed by atoms with Crippen LogP contribution in [0.25, 0.3) is 33.1 Å². The van der Waals surface area contributed by atoms with Crippen LogP contribution < -0.4 is 4.74 Å². The van der Waals surface area contributed by atoms with Crippen LogP contribution in [0, 0.1) is 6.92 Å². The third kappa shape index (κ3) is 4.01. The zero-order valence-electron chi connectivity index (χ0n) is 20.5. The second-order valence-corrected chi connectivity index (χ2v) is 9.18. The monoisotopic (exact) mass is 480 g/mol. The highest BCUT2D eigenvalue weighted by molar-refractivity contribution is 5.99. The lowest BCUT2D eigenvalue weighted by molar-refractivity contribution is 0.0720. The zero-order chi connectivity index (χ0) is 24.6. The summed E-state index contributed by atoms with van der Waals surface area (Å²) in [5.41, 5.74) is 6.85. The number of aryl methyl sites for hydroxylation is 1. The highest BCUT2D eigenvalue weighted by atomic mass is 16.5. The molecule has 0 atom stereocenters. The molecule has 3 heterocycles. The predicted octanol–water partition coefficient (Wildman–Crippen LogP) is 5.17. The molecule has 0 aliphatic carbocycles. The molecule has 5 aromatic rings. The summed E-state index contributed by atoms with van der Waals surface area (Å²) < 4.78 is 13.4. The number of imidazole rings is 1. The minimum atomic E-state index is -0.00138. The Morgan fingerprint density at radius 3 is 2.81 bits per heavy atom. The van der Waals surface area contributed by atoms with Gasteiger partial charge in [0, 0.05) is 36.7 Å². The largest absolute Gasteiger partial charge is 0.491 e. The van der Waals surface area contributed by atoms with Gasteiger partial charge in [-0.05, 0) is 54.4 Å². The molecule has 0 spiro atoms. The summed E-state index contributed by atoms with van der Waals surface area (Å²) in [6, 6.07) is 22.5. The number of H-pyrrole nitrogens is 1. The van der Waals surface area contributed by atoms with Crippen molar-refractivity contribution in [1.82, 2.24) is 19.4 Å². The Labute approximate surface area is 209 Å². The van der Waals surface area contributed by atoms with E-state index in [1.807, 2.05) is 54.3 Å². The molecule has 0 radical (unpaired) electrons. The average Bonchev–Trinajstić information content (AvgIpc) is 3.37. The molecule has 0 bridgehead atoms. The molecule has 7 nitrogen and oxygen atoms in total. The van der Waals surface area contributed by atoms with Crippen LogP contribution in [0.2, 0.25) is 0 Å². The Kier molecular flexibility index (Phi) is 5.70. The van der Waals surface area contributed by atoms with E-state index in [9.17, 15) is 4.79 Å². The predicted molar refractivity (Wildman–Crippen MR) is 140 cm³/mol. The van der Waals surface area contributed by atoms with Gasteiger partial charge in [-0.1, -0.05) is 30.3 Å². The highest BCUT2D eigenvalue weighted by Gasteiger charge is 2.25. The summed E-state index contributed by atoms with van der Waals surface area (Å²) >= 11 is 0. The van der Waals surface area contributed by atoms with Crippen molar-refractivity contribution in [2.24, 2.45) is 0 Å². The number of hydrogen-bond donors (Lipinski definition) is 1. The van der Waals surface area contributed by atoms with Crippen LogP contribution in [0.1, 0.15) is 21.9 Å². The van der Waals surface area contributed by atoms with Crippen LogP contribution in [-0.4, -0.2) is 52.2 Å². The maximum atomic E-state index is 13.8. The molecule has 0 fully saturated rings. The van der Waals surface area contributed by atoms with Crippen molar-refractivity contribution in [2.75, 3.05) is 26.9 Å². The maximum absolute atomic E-state index is 13.8. The van der Waals surface area contributed by atoms with Crippen molar-refractivity contribution in [3.63, 3.8) is 0 Å². The van der Waals surface area contributed by atoms with Gasteiger partial charge < -0.3 is 23.9 Å². The lowest BCUT2D eigenvalue weighted by Gasteiger charge is -2.21. The van der Waals surface area contributed by atoms with E-state index in [1.165, 1.54) is 0 Å². The quantitative estimate of drug-likeness (QED) is 0.377. The number of aromatic nitrogens is 3. The molecule has 3 aromatic carbocycles. The standard InChI is InChI=1S/C29H28N4O3/c1-19-30-24-9-7-21(16-25(24)31-19)20-8-10-28-23(15-20)18-32(11-14-36-28)29(34)27-17-22-5-3-4-6-26(22)33(27)12-13-35-2/h3-10,15-17H,11-14,18H2,1-2H3,(H,30,31). The Hall–Kier alpha value is -4.10. The number of fused-ring (bicyclic) bond motifs is 3. The SMILES string of the molecule is COCCn1c(C(=O)N2CCOc3ccc(-c4ccc5nc(C)[nH]c5c4)cc3C2)cc2ccccc21. The van der Waals surface area contributed by atoms with Crippen molar-refractivity contribution in [2.45, 2.75) is 20.0 Å². The number of aromatic amines is 1. The molecule has 1 aliphatic heterocycles. The number of ether oxygens (including phenoxy) is 2. The summed E-state index contributed by atoms with van der Waals surface area (Å²) in [5.74, 6) is 1.72. The molecule has 36 heavy (non-hydrogen) atoms. The van der Waals surface area contributed by atoms with Gasteiger partial charge in [0.15, 0.2) is 0 Å². The molecular formula is C29H28N4O3. The van der Waals surface area contributed by atoms with Crippen molar-refractivity contribution in [3.05, 3.63) is 83.8 Å². The minimum Gasteiger partial charge on any atom is -0.491 e. The van der Waals surface area contributed by atoms with E-state index in [-0.39, 0.29) is 5.91 Å². The first-order chi connectivity index (χ1) is 17.6. The molecule has 0 unspecified atom stereocenters. The van der Waals surface area contributed by atoms with Gasteiger partial charge in [-0.15, -0.1) is 0 Å². The highest BCUT2D eigenvalue weighted by Crippen LogP contribution is 2.31. The van der Waals surface area contributed by atoms with Crippen LogP contribution in [0.4, 0.5) is 0 Å². The summed E-state index contributed by atoms with van der Waals surface area (Å²) in [7, 11) is 1.68. The number of carbonyl (C=O) groups excluding carboxylic acids is 1. The third-order valence-corrected chi connectivity index (χ3v) is 6.81. The second-order valence-electron chi connectivity index (χ2n) is 9.18. The molecule has 1 amide bonds. The summed E-state index contributed by atoms with van der Waals surface area (Å²) in [5, 5.41) is 1.05. The molecular weight excluding hydrogens is 452 g/mol. The maximum Gasteiger partial charge on any atom is 0.270 e. The Bertz CT molecular complexity index is 1580. The van der Waals surface area contributed by atoms with Crippen molar-refractivity contribution >= 4 is 27.8 Å². The molecule has 2 aromatic heterocycles. The van der Waals surface area contributed by atoms with Gasteiger partial charge in [0.25, 0.3) is 5.91 Å². The van der Waals surface area contributed by atoms with Gasteiger partial charge in [0.05, 0.1) is 24.2 Å². The van der Waals surface area contributed by atoms with E-state index < -0.39 is 0 Å². The number of nitrogens with zero attached hydrogens (tertiary/aromatic N) is 3. The molecule has 0 saturated heterocycles. The first-order valence-electron chi connectivity index (χ1n) is 12.2. The molecule has 0 saturated carbocycles. The van der Waals surface area contributed by atoms with E-state index in [2.05, 4.69) is 38.8 Å². The number of carbonyl (C=O) groups is 1. The second kappa shape index (κ2) is 9.17. The third-order valence-electron chi connectivity index (χ3n) is 6.81. The van der Waals surface area contributed by atoms with Crippen LogP contribution in [-0.2, 0) is 17.8 Å². The number of nitrogens with one attached hydrogen (secondary N) is 1. The van der Waals surface area contributed by atoms with Gasteiger partial charge in [-0.2, -0.15) is 0 Å². The molecule has 6 rings (SSSR count). The van der Waals surface area contributed by atoms with Gasteiger partial charge in [0.1, 0.15) is 23.9 Å².